The molecule has 1 aromatic heterocycles. The fraction of sp³-hybridized carbons (Fsp3) is 0.500. The number of aryl methyl sites for hydroxylation is 1. The second-order valence-corrected chi connectivity index (χ2v) is 3.25. The average molecular weight is 209 g/mol. The van der Waals surface area contributed by atoms with E-state index < -0.39 is 0 Å². The number of aromatic nitrogens is 2. The number of H-pyrrole nitrogens is 1. The fourth-order valence-corrected chi connectivity index (χ4v) is 1.08. The lowest BCUT2D eigenvalue weighted by atomic mass is 10.2. The van der Waals surface area contributed by atoms with E-state index in [-0.39, 0.29) is 18.2 Å². The summed E-state index contributed by atoms with van der Waals surface area (Å²) in [6.07, 6.45) is 4.71. The van der Waals surface area contributed by atoms with E-state index in [1.807, 2.05) is 0 Å². The number of nitrogens with zero attached hydrogens (tertiary/aromatic N) is 1. The van der Waals surface area contributed by atoms with E-state index in [4.69, 9.17) is 0 Å². The van der Waals surface area contributed by atoms with Gasteiger partial charge in [-0.2, -0.15) is 0 Å². The van der Waals surface area contributed by atoms with Crippen LogP contribution in [0.3, 0.4) is 0 Å². The quantitative estimate of drug-likeness (QED) is 0.713. The number of nitrogens with one attached hydrogen (secondary N) is 2. The first-order valence-corrected chi connectivity index (χ1v) is 4.98. The summed E-state index contributed by atoms with van der Waals surface area (Å²) >= 11 is 0. The van der Waals surface area contributed by atoms with Crippen LogP contribution in [0.5, 0.6) is 0 Å². The first-order chi connectivity index (χ1) is 7.22. The molecule has 1 aromatic rings. The largest absolute Gasteiger partial charge is 0.349 e. The number of carbonyl (C=O) groups is 2. The highest BCUT2D eigenvalue weighted by Gasteiger charge is 2.04. The molecule has 1 amide bonds. The third kappa shape index (κ3) is 4.39. The Morgan fingerprint density at radius 3 is 2.93 bits per heavy atom. The van der Waals surface area contributed by atoms with Crippen molar-refractivity contribution in [2.75, 3.05) is 6.54 Å². The first kappa shape index (κ1) is 11.4. The molecule has 82 valence electrons. The van der Waals surface area contributed by atoms with Crippen LogP contribution >= 0.6 is 0 Å². The zero-order chi connectivity index (χ0) is 11.1. The van der Waals surface area contributed by atoms with E-state index in [0.717, 1.165) is 5.69 Å². The van der Waals surface area contributed by atoms with E-state index in [1.54, 1.807) is 19.4 Å². The molecule has 5 heteroatoms. The van der Waals surface area contributed by atoms with Crippen LogP contribution in [0.15, 0.2) is 12.5 Å². The Morgan fingerprint density at radius 2 is 2.33 bits per heavy atom. The maximum atomic E-state index is 11.3. The molecule has 0 saturated heterocycles. The number of hydrogen-bond acceptors (Lipinski definition) is 3. The molecule has 15 heavy (non-hydrogen) atoms. The maximum absolute atomic E-state index is 11.3. The van der Waals surface area contributed by atoms with Gasteiger partial charge in [0.25, 0.3) is 0 Å². The Kier molecular flexibility index (Phi) is 4.53. The molecule has 0 fully saturated rings. The van der Waals surface area contributed by atoms with Crippen LogP contribution in [0.1, 0.15) is 25.5 Å². The molecule has 1 rings (SSSR count). The molecule has 0 saturated carbocycles. The molecular weight excluding hydrogens is 194 g/mol. The van der Waals surface area contributed by atoms with E-state index in [1.165, 1.54) is 0 Å². The lowest BCUT2D eigenvalue weighted by Crippen LogP contribution is -2.29. The predicted molar refractivity (Wildman–Crippen MR) is 55.2 cm³/mol. The van der Waals surface area contributed by atoms with Crippen LogP contribution in [0.2, 0.25) is 0 Å². The fourth-order valence-electron chi connectivity index (χ4n) is 1.08. The molecule has 0 radical (unpaired) electrons. The zero-order valence-electron chi connectivity index (χ0n) is 8.75. The van der Waals surface area contributed by atoms with Gasteiger partial charge in [-0.15, -0.1) is 0 Å². The Labute approximate surface area is 88.3 Å². The summed E-state index contributed by atoms with van der Waals surface area (Å²) in [4.78, 5) is 28.9. The SMILES string of the molecule is CCC(=O)CNC(=O)CCc1cnc[nH]1. The number of rotatable bonds is 6. The number of imidazole rings is 1. The van der Waals surface area contributed by atoms with Crippen molar-refractivity contribution in [2.45, 2.75) is 26.2 Å². The second kappa shape index (κ2) is 5.95. The molecule has 0 atom stereocenters. The van der Waals surface area contributed by atoms with E-state index in [9.17, 15) is 9.59 Å². The molecule has 0 aliphatic rings. The highest BCUT2D eigenvalue weighted by atomic mass is 16.2. The molecule has 5 nitrogen and oxygen atoms in total. The minimum absolute atomic E-state index is 0.0462. The number of Topliss-reactive ketones (excluding diaryl/α,β-unsaturated/α-hetero) is 1. The Morgan fingerprint density at radius 1 is 1.53 bits per heavy atom. The zero-order valence-corrected chi connectivity index (χ0v) is 8.75. The molecule has 1 heterocycles. The van der Waals surface area contributed by atoms with Crippen molar-refractivity contribution in [1.82, 2.24) is 15.3 Å². The summed E-state index contributed by atoms with van der Waals surface area (Å²) in [5, 5.41) is 2.57. The normalized spacial score (nSPS) is 9.93. The summed E-state index contributed by atoms with van der Waals surface area (Å²) in [7, 11) is 0. The smallest absolute Gasteiger partial charge is 0.220 e. The van der Waals surface area contributed by atoms with Gasteiger partial charge in [0, 0.05) is 24.7 Å². The lowest BCUT2D eigenvalue weighted by Gasteiger charge is -2.02. The average Bonchev–Trinajstić information content (AvgIpc) is 2.75. The van der Waals surface area contributed by atoms with Crippen LogP contribution in [0.25, 0.3) is 0 Å². The van der Waals surface area contributed by atoms with E-state index >= 15 is 0 Å². The van der Waals surface area contributed by atoms with Gasteiger partial charge in [-0.25, -0.2) is 4.98 Å². The Bertz CT molecular complexity index is 319. The minimum Gasteiger partial charge on any atom is -0.349 e. The van der Waals surface area contributed by atoms with Crippen molar-refractivity contribution in [3.63, 3.8) is 0 Å². The molecule has 0 spiro atoms. The van der Waals surface area contributed by atoms with Crippen LogP contribution in [-0.2, 0) is 16.0 Å². The topological polar surface area (TPSA) is 74.8 Å². The highest BCUT2D eigenvalue weighted by Crippen LogP contribution is 1.96. The molecule has 0 unspecified atom stereocenters. The predicted octanol–water partition coefficient (Wildman–Crippen LogP) is 0.438. The first-order valence-electron chi connectivity index (χ1n) is 4.98. The van der Waals surface area contributed by atoms with Crippen molar-refractivity contribution in [1.29, 1.82) is 0 Å². The monoisotopic (exact) mass is 209 g/mol. The van der Waals surface area contributed by atoms with Crippen molar-refractivity contribution in [3.8, 4) is 0 Å². The Hall–Kier alpha value is -1.65. The van der Waals surface area contributed by atoms with Gasteiger partial charge < -0.3 is 10.3 Å². The lowest BCUT2D eigenvalue weighted by molar-refractivity contribution is -0.125. The minimum atomic E-state index is -0.105. The van der Waals surface area contributed by atoms with Crippen LogP contribution in [-0.4, -0.2) is 28.2 Å². The van der Waals surface area contributed by atoms with Gasteiger partial charge in [0.15, 0.2) is 5.78 Å². The van der Waals surface area contributed by atoms with Crippen LogP contribution < -0.4 is 5.32 Å². The molecule has 2 N–H and O–H groups in total. The van der Waals surface area contributed by atoms with Crippen molar-refractivity contribution >= 4 is 11.7 Å². The van der Waals surface area contributed by atoms with Gasteiger partial charge in [-0.1, -0.05) is 6.92 Å². The molecule has 0 bridgehead atoms. The molecule has 0 aliphatic carbocycles. The number of hydrogen-bond donors (Lipinski definition) is 2. The van der Waals surface area contributed by atoms with Crippen LogP contribution in [0, 0.1) is 0 Å². The van der Waals surface area contributed by atoms with E-state index in [0.29, 0.717) is 19.3 Å². The van der Waals surface area contributed by atoms with Crippen molar-refractivity contribution in [2.24, 2.45) is 0 Å². The van der Waals surface area contributed by atoms with Crippen molar-refractivity contribution < 1.29 is 9.59 Å². The number of aromatic amines is 1. The van der Waals surface area contributed by atoms with Gasteiger partial charge in [0.1, 0.15) is 0 Å². The van der Waals surface area contributed by atoms with Gasteiger partial charge in [-0.3, -0.25) is 9.59 Å². The van der Waals surface area contributed by atoms with E-state index in [2.05, 4.69) is 15.3 Å². The number of amides is 1. The van der Waals surface area contributed by atoms with Crippen LogP contribution in [0.4, 0.5) is 0 Å². The third-order valence-electron chi connectivity index (χ3n) is 2.05. The molecule has 0 aliphatic heterocycles. The Balaban J connectivity index is 2.16. The third-order valence-corrected chi connectivity index (χ3v) is 2.05. The summed E-state index contributed by atoms with van der Waals surface area (Å²) in [6.45, 7) is 1.91. The summed E-state index contributed by atoms with van der Waals surface area (Å²) in [6, 6.07) is 0. The highest BCUT2D eigenvalue weighted by molar-refractivity contribution is 5.85. The molecule has 0 aromatic carbocycles. The summed E-state index contributed by atoms with van der Waals surface area (Å²) in [5.41, 5.74) is 0.923. The number of ketones is 1. The standard InChI is InChI=1S/C10H15N3O2/c1-2-9(14)6-12-10(15)4-3-8-5-11-7-13-8/h5,7H,2-4,6H2,1H3,(H,11,13)(H,12,15). The van der Waals surface area contributed by atoms with Gasteiger partial charge in [-0.05, 0) is 6.42 Å². The second-order valence-electron chi connectivity index (χ2n) is 3.25. The van der Waals surface area contributed by atoms with Crippen molar-refractivity contribution in [3.05, 3.63) is 18.2 Å². The summed E-state index contributed by atoms with van der Waals surface area (Å²) in [5.74, 6) is -0.0590. The van der Waals surface area contributed by atoms with Gasteiger partial charge in [0.2, 0.25) is 5.91 Å². The number of carbonyl (C=O) groups excluding carboxylic acids is 2. The van der Waals surface area contributed by atoms with Gasteiger partial charge in [0.05, 0.1) is 12.9 Å². The summed E-state index contributed by atoms with van der Waals surface area (Å²) < 4.78 is 0. The maximum Gasteiger partial charge on any atom is 0.220 e. The molecular formula is C10H15N3O2. The van der Waals surface area contributed by atoms with Gasteiger partial charge >= 0.3 is 0 Å².